The minimum absolute atomic E-state index is 0.718. The fraction of sp³-hybridized carbons (Fsp3) is 0.714. The highest BCUT2D eigenvalue weighted by molar-refractivity contribution is 7.16. The van der Waals surface area contributed by atoms with Gasteiger partial charge in [0.2, 0.25) is 0 Å². The maximum atomic E-state index is 6.07. The van der Waals surface area contributed by atoms with Gasteiger partial charge in [-0.1, -0.05) is 31.9 Å². The molecular formula is C14H22ClNS. The van der Waals surface area contributed by atoms with Crippen molar-refractivity contribution in [2.75, 3.05) is 13.1 Å². The molecule has 0 spiro atoms. The molecule has 96 valence electrons. The quantitative estimate of drug-likeness (QED) is 0.848. The summed E-state index contributed by atoms with van der Waals surface area (Å²) in [5, 5.41) is 3.51. The van der Waals surface area contributed by atoms with Crippen LogP contribution in [0.5, 0.6) is 0 Å². The van der Waals surface area contributed by atoms with E-state index >= 15 is 0 Å². The topological polar surface area (TPSA) is 12.0 Å². The van der Waals surface area contributed by atoms with E-state index < -0.39 is 0 Å². The minimum atomic E-state index is 0.718. The minimum Gasteiger partial charge on any atom is -0.317 e. The summed E-state index contributed by atoms with van der Waals surface area (Å²) in [4.78, 5) is 1.49. The fourth-order valence-electron chi connectivity index (χ4n) is 2.89. The maximum Gasteiger partial charge on any atom is 0.0931 e. The van der Waals surface area contributed by atoms with E-state index in [2.05, 4.69) is 25.2 Å². The molecule has 3 unspecified atom stereocenters. The smallest absolute Gasteiger partial charge is 0.0931 e. The van der Waals surface area contributed by atoms with Crippen molar-refractivity contribution in [1.29, 1.82) is 0 Å². The summed E-state index contributed by atoms with van der Waals surface area (Å²) in [7, 11) is 0. The van der Waals surface area contributed by atoms with E-state index in [4.69, 9.17) is 11.6 Å². The van der Waals surface area contributed by atoms with Crippen molar-refractivity contribution in [3.63, 3.8) is 0 Å². The molecule has 1 N–H and O–H groups in total. The van der Waals surface area contributed by atoms with Gasteiger partial charge in [-0.2, -0.15) is 0 Å². The summed E-state index contributed by atoms with van der Waals surface area (Å²) >= 11 is 7.84. The van der Waals surface area contributed by atoms with Crippen LogP contribution in [0.3, 0.4) is 0 Å². The third kappa shape index (κ3) is 3.46. The van der Waals surface area contributed by atoms with Crippen LogP contribution < -0.4 is 5.32 Å². The van der Waals surface area contributed by atoms with Gasteiger partial charge in [-0.25, -0.2) is 0 Å². The van der Waals surface area contributed by atoms with Crippen LogP contribution in [0.4, 0.5) is 0 Å². The van der Waals surface area contributed by atoms with Crippen LogP contribution in [-0.2, 0) is 0 Å². The average Bonchev–Trinajstić information content (AvgIpc) is 2.74. The van der Waals surface area contributed by atoms with E-state index in [1.54, 1.807) is 11.3 Å². The Morgan fingerprint density at radius 2 is 2.24 bits per heavy atom. The zero-order chi connectivity index (χ0) is 12.3. The second kappa shape index (κ2) is 6.21. The van der Waals surface area contributed by atoms with Gasteiger partial charge in [0.05, 0.1) is 4.34 Å². The molecule has 2 rings (SSSR count). The van der Waals surface area contributed by atoms with Crippen LogP contribution >= 0.6 is 22.9 Å². The van der Waals surface area contributed by atoms with Crippen molar-refractivity contribution in [3.8, 4) is 0 Å². The molecule has 0 aliphatic heterocycles. The molecule has 1 aliphatic rings. The van der Waals surface area contributed by atoms with Gasteiger partial charge in [0, 0.05) is 4.88 Å². The average molecular weight is 272 g/mol. The summed E-state index contributed by atoms with van der Waals surface area (Å²) in [6, 6.07) is 4.28. The van der Waals surface area contributed by atoms with Crippen molar-refractivity contribution in [1.82, 2.24) is 5.32 Å². The zero-order valence-corrected chi connectivity index (χ0v) is 12.3. The molecule has 1 saturated carbocycles. The van der Waals surface area contributed by atoms with Gasteiger partial charge in [0.1, 0.15) is 0 Å². The Kier molecular flexibility index (Phi) is 4.89. The Labute approximate surface area is 114 Å². The molecule has 1 heterocycles. The van der Waals surface area contributed by atoms with Crippen LogP contribution in [0.1, 0.15) is 43.9 Å². The molecule has 1 nitrogen and oxygen atoms in total. The van der Waals surface area contributed by atoms with Crippen molar-refractivity contribution >= 4 is 22.9 Å². The molecule has 1 aromatic heterocycles. The second-order valence-corrected chi connectivity index (χ2v) is 6.98. The number of hydrogen-bond acceptors (Lipinski definition) is 2. The summed E-state index contributed by atoms with van der Waals surface area (Å²) in [5.41, 5.74) is 0. The van der Waals surface area contributed by atoms with E-state index in [9.17, 15) is 0 Å². The number of thiophene rings is 1. The summed E-state index contributed by atoms with van der Waals surface area (Å²) < 4.78 is 0.931. The number of nitrogens with one attached hydrogen (secondary N) is 1. The highest BCUT2D eigenvalue weighted by atomic mass is 35.5. The molecule has 3 atom stereocenters. The van der Waals surface area contributed by atoms with Gasteiger partial charge in [-0.3, -0.25) is 0 Å². The number of halogens is 1. The first-order chi connectivity index (χ1) is 8.20. The Hall–Kier alpha value is -0.0500. The van der Waals surface area contributed by atoms with Crippen LogP contribution in [0.25, 0.3) is 0 Å². The Morgan fingerprint density at radius 3 is 2.88 bits per heavy atom. The van der Waals surface area contributed by atoms with Gasteiger partial charge in [0.15, 0.2) is 0 Å². The number of rotatable bonds is 4. The van der Waals surface area contributed by atoms with Crippen molar-refractivity contribution in [3.05, 3.63) is 21.3 Å². The maximum absolute atomic E-state index is 6.07. The van der Waals surface area contributed by atoms with Gasteiger partial charge >= 0.3 is 0 Å². The highest BCUT2D eigenvalue weighted by Gasteiger charge is 2.30. The lowest BCUT2D eigenvalue weighted by atomic mass is 9.74. The second-order valence-electron chi connectivity index (χ2n) is 5.23. The predicted octanol–water partition coefficient (Wildman–Crippen LogP) is 4.53. The third-order valence-electron chi connectivity index (χ3n) is 3.87. The largest absolute Gasteiger partial charge is 0.317 e. The summed E-state index contributed by atoms with van der Waals surface area (Å²) in [6.07, 6.45) is 4.06. The summed E-state index contributed by atoms with van der Waals surface area (Å²) in [5.74, 6) is 2.37. The molecule has 0 radical (unpaired) electrons. The van der Waals surface area contributed by atoms with E-state index in [0.717, 1.165) is 35.2 Å². The normalized spacial score (nSPS) is 29.5. The van der Waals surface area contributed by atoms with Crippen molar-refractivity contribution in [2.45, 2.75) is 39.0 Å². The Bertz CT molecular complexity index is 348. The van der Waals surface area contributed by atoms with Gasteiger partial charge in [-0.05, 0) is 55.8 Å². The number of hydrogen-bond donors (Lipinski definition) is 1. The van der Waals surface area contributed by atoms with E-state index in [0.29, 0.717) is 0 Å². The Balaban J connectivity index is 2.08. The molecule has 17 heavy (non-hydrogen) atoms. The van der Waals surface area contributed by atoms with E-state index in [1.807, 2.05) is 6.07 Å². The van der Waals surface area contributed by atoms with E-state index in [1.165, 1.54) is 24.1 Å². The Morgan fingerprint density at radius 1 is 1.41 bits per heavy atom. The molecule has 1 aromatic rings. The lowest BCUT2D eigenvalue weighted by Gasteiger charge is -2.34. The van der Waals surface area contributed by atoms with Gasteiger partial charge < -0.3 is 5.32 Å². The van der Waals surface area contributed by atoms with Crippen LogP contribution in [0.15, 0.2) is 12.1 Å². The standard InChI is InChI=1S/C14H22ClNS/c1-3-16-9-11-5-4-10(2)8-12(11)13-6-7-14(15)17-13/h6-7,10-12,16H,3-5,8-9H2,1-2H3. The zero-order valence-electron chi connectivity index (χ0n) is 10.7. The molecule has 0 aromatic carbocycles. The third-order valence-corrected chi connectivity index (χ3v) is 5.23. The lowest BCUT2D eigenvalue weighted by Crippen LogP contribution is -2.31. The van der Waals surface area contributed by atoms with Crippen LogP contribution in [0.2, 0.25) is 4.34 Å². The van der Waals surface area contributed by atoms with Crippen LogP contribution in [-0.4, -0.2) is 13.1 Å². The van der Waals surface area contributed by atoms with Crippen molar-refractivity contribution in [2.24, 2.45) is 11.8 Å². The molecule has 1 fully saturated rings. The first-order valence-corrected chi connectivity index (χ1v) is 7.86. The molecular weight excluding hydrogens is 250 g/mol. The predicted molar refractivity (Wildman–Crippen MR) is 77.1 cm³/mol. The fourth-order valence-corrected chi connectivity index (χ4v) is 4.16. The van der Waals surface area contributed by atoms with E-state index in [-0.39, 0.29) is 0 Å². The molecule has 3 heteroatoms. The van der Waals surface area contributed by atoms with Crippen molar-refractivity contribution < 1.29 is 0 Å². The van der Waals surface area contributed by atoms with Gasteiger partial charge in [0.25, 0.3) is 0 Å². The first-order valence-electron chi connectivity index (χ1n) is 6.66. The van der Waals surface area contributed by atoms with Crippen LogP contribution in [0, 0.1) is 11.8 Å². The highest BCUT2D eigenvalue weighted by Crippen LogP contribution is 2.43. The SMILES string of the molecule is CCNCC1CCC(C)CC1c1ccc(Cl)s1. The summed E-state index contributed by atoms with van der Waals surface area (Å²) in [6.45, 7) is 6.79. The van der Waals surface area contributed by atoms with Gasteiger partial charge in [-0.15, -0.1) is 11.3 Å². The first kappa shape index (κ1) is 13.4. The molecule has 1 aliphatic carbocycles. The molecule has 0 amide bonds. The monoisotopic (exact) mass is 271 g/mol. The molecule has 0 saturated heterocycles. The lowest BCUT2D eigenvalue weighted by molar-refractivity contribution is 0.245. The molecule has 0 bridgehead atoms.